The zero-order valence-corrected chi connectivity index (χ0v) is 19.6. The molecule has 33 heavy (non-hydrogen) atoms. The summed E-state index contributed by atoms with van der Waals surface area (Å²) in [6.07, 6.45) is 5.63. The van der Waals surface area contributed by atoms with E-state index in [1.165, 1.54) is 0 Å². The van der Waals surface area contributed by atoms with Gasteiger partial charge in [0.15, 0.2) is 0 Å². The molecule has 0 fully saturated rings. The maximum absolute atomic E-state index is 12.8. The number of nitrogens with zero attached hydrogens (tertiary/aromatic N) is 3. The quantitative estimate of drug-likeness (QED) is 0.457. The Bertz CT molecular complexity index is 1360. The van der Waals surface area contributed by atoms with Crippen LogP contribution in [0.15, 0.2) is 59.8 Å². The molecule has 4 rings (SSSR count). The van der Waals surface area contributed by atoms with E-state index in [0.717, 1.165) is 43.9 Å². The van der Waals surface area contributed by atoms with Gasteiger partial charge in [-0.05, 0) is 73.0 Å². The molecule has 7 nitrogen and oxygen atoms in total. The number of pyridine rings is 3. The van der Waals surface area contributed by atoms with Crippen LogP contribution in [0.5, 0.6) is 0 Å². The van der Waals surface area contributed by atoms with E-state index >= 15 is 0 Å². The molecule has 1 unspecified atom stereocenters. The molecule has 0 aliphatic rings. The van der Waals surface area contributed by atoms with Crippen LogP contribution in [0.1, 0.15) is 38.4 Å². The van der Waals surface area contributed by atoms with Crippen molar-refractivity contribution >= 4 is 33.4 Å². The summed E-state index contributed by atoms with van der Waals surface area (Å²) in [5.74, 6) is 0.294. The van der Waals surface area contributed by atoms with Gasteiger partial charge in [0.2, 0.25) is 0 Å². The lowest BCUT2D eigenvalue weighted by Crippen LogP contribution is -2.24. The molecule has 4 aromatic rings. The van der Waals surface area contributed by atoms with Gasteiger partial charge in [0.1, 0.15) is 5.82 Å². The van der Waals surface area contributed by atoms with Gasteiger partial charge in [0.25, 0.3) is 5.91 Å². The highest BCUT2D eigenvalue weighted by molar-refractivity contribution is 7.84. The van der Waals surface area contributed by atoms with Crippen molar-refractivity contribution in [2.75, 3.05) is 12.0 Å². The van der Waals surface area contributed by atoms with E-state index in [4.69, 9.17) is 5.73 Å². The molecule has 0 bridgehead atoms. The van der Waals surface area contributed by atoms with Crippen molar-refractivity contribution in [3.05, 3.63) is 88.5 Å². The lowest BCUT2D eigenvalue weighted by Gasteiger charge is -2.12. The van der Waals surface area contributed by atoms with E-state index in [1.807, 2.05) is 38.1 Å². The van der Waals surface area contributed by atoms with Crippen LogP contribution < -0.4 is 11.1 Å². The van der Waals surface area contributed by atoms with Crippen molar-refractivity contribution in [1.29, 1.82) is 0 Å². The first-order chi connectivity index (χ1) is 15.8. The van der Waals surface area contributed by atoms with Crippen LogP contribution >= 0.6 is 0 Å². The normalized spacial score (nSPS) is 12.0. The molecular weight excluding hydrogens is 434 g/mol. The van der Waals surface area contributed by atoms with Crippen molar-refractivity contribution in [3.8, 4) is 0 Å². The van der Waals surface area contributed by atoms with Gasteiger partial charge in [0.05, 0.1) is 5.52 Å². The number of nitrogens with two attached hydrogens (primary N) is 1. The number of amides is 1. The Morgan fingerprint density at radius 3 is 2.67 bits per heavy atom. The number of aromatic nitrogens is 3. The SMILES string of the molecule is Cc1cc(N)nc(C)c1CNC(=O)c1ccnc(Cc2cnc3ccc(S(C)=O)cc3c2)c1. The minimum atomic E-state index is -1.05. The number of anilines is 1. The maximum atomic E-state index is 12.8. The summed E-state index contributed by atoms with van der Waals surface area (Å²) in [6, 6.07) is 12.9. The van der Waals surface area contributed by atoms with Crippen LogP contribution in [0, 0.1) is 13.8 Å². The Labute approximate surface area is 195 Å². The average molecular weight is 460 g/mol. The molecule has 0 saturated heterocycles. The smallest absolute Gasteiger partial charge is 0.251 e. The number of fused-ring (bicyclic) bond motifs is 1. The Morgan fingerprint density at radius 1 is 1.09 bits per heavy atom. The third-order valence-electron chi connectivity index (χ3n) is 5.50. The second-order valence-corrected chi connectivity index (χ2v) is 9.36. The Morgan fingerprint density at radius 2 is 1.91 bits per heavy atom. The van der Waals surface area contributed by atoms with Gasteiger partial charge >= 0.3 is 0 Å². The van der Waals surface area contributed by atoms with Crippen molar-refractivity contribution < 1.29 is 9.00 Å². The van der Waals surface area contributed by atoms with Gasteiger partial charge in [-0.15, -0.1) is 0 Å². The number of hydrogen-bond acceptors (Lipinski definition) is 6. The number of rotatable bonds is 6. The zero-order chi connectivity index (χ0) is 23.5. The van der Waals surface area contributed by atoms with E-state index in [-0.39, 0.29) is 5.91 Å². The number of aryl methyl sites for hydroxylation is 2. The van der Waals surface area contributed by atoms with Gasteiger partial charge < -0.3 is 11.1 Å². The summed E-state index contributed by atoms with van der Waals surface area (Å²) in [5, 5.41) is 3.89. The summed E-state index contributed by atoms with van der Waals surface area (Å²) in [7, 11) is -1.05. The molecule has 3 aromatic heterocycles. The standard InChI is InChI=1S/C25H25N5O2S/c1-15-8-24(26)30-16(2)22(15)14-29-25(31)18-6-7-27-20(11-18)10-17-9-19-12-21(33(3)32)4-5-23(19)28-13-17/h4-9,11-13H,10,14H2,1-3H3,(H2,26,30)(H,29,31). The molecule has 0 spiro atoms. The predicted molar refractivity (Wildman–Crippen MR) is 130 cm³/mol. The van der Waals surface area contributed by atoms with Gasteiger partial charge in [-0.2, -0.15) is 0 Å². The molecule has 0 aliphatic carbocycles. The summed E-state index contributed by atoms with van der Waals surface area (Å²) in [4.78, 5) is 26.7. The van der Waals surface area contributed by atoms with E-state index in [1.54, 1.807) is 36.8 Å². The number of carbonyl (C=O) groups excluding carboxylic acids is 1. The second-order valence-electron chi connectivity index (χ2n) is 7.98. The van der Waals surface area contributed by atoms with Crippen molar-refractivity contribution in [2.24, 2.45) is 0 Å². The van der Waals surface area contributed by atoms with E-state index < -0.39 is 10.8 Å². The third-order valence-corrected chi connectivity index (χ3v) is 6.42. The van der Waals surface area contributed by atoms with E-state index in [2.05, 4.69) is 20.3 Å². The highest BCUT2D eigenvalue weighted by Crippen LogP contribution is 2.19. The van der Waals surface area contributed by atoms with Crippen LogP contribution in [-0.4, -0.2) is 31.3 Å². The molecule has 1 atom stereocenters. The number of nitrogen functional groups attached to an aromatic ring is 1. The van der Waals surface area contributed by atoms with E-state index in [0.29, 0.717) is 24.3 Å². The molecular formula is C25H25N5O2S. The fraction of sp³-hybridized carbons (Fsp3) is 0.200. The highest BCUT2D eigenvalue weighted by Gasteiger charge is 2.11. The minimum Gasteiger partial charge on any atom is -0.384 e. The first-order valence-electron chi connectivity index (χ1n) is 10.5. The molecule has 168 valence electrons. The molecule has 0 radical (unpaired) electrons. The molecule has 3 N–H and O–H groups in total. The van der Waals surface area contributed by atoms with Gasteiger partial charge in [-0.1, -0.05) is 0 Å². The van der Waals surface area contributed by atoms with Gasteiger partial charge in [-0.25, -0.2) is 4.98 Å². The molecule has 0 saturated carbocycles. The number of hydrogen-bond donors (Lipinski definition) is 2. The molecule has 0 aliphatic heterocycles. The fourth-order valence-electron chi connectivity index (χ4n) is 3.78. The molecule has 1 aromatic carbocycles. The number of nitrogens with one attached hydrogen (secondary N) is 1. The van der Waals surface area contributed by atoms with Crippen LogP contribution in [0.2, 0.25) is 0 Å². The Balaban J connectivity index is 1.50. The first-order valence-corrected chi connectivity index (χ1v) is 12.0. The van der Waals surface area contributed by atoms with E-state index in [9.17, 15) is 9.00 Å². The number of carbonyl (C=O) groups is 1. The fourth-order valence-corrected chi connectivity index (χ4v) is 4.33. The van der Waals surface area contributed by atoms with Crippen LogP contribution in [0.4, 0.5) is 5.82 Å². The Kier molecular flexibility index (Phi) is 6.46. The van der Waals surface area contributed by atoms with Crippen LogP contribution in [-0.2, 0) is 23.8 Å². The lowest BCUT2D eigenvalue weighted by molar-refractivity contribution is 0.0950. The summed E-state index contributed by atoms with van der Waals surface area (Å²) in [6.45, 7) is 4.21. The highest BCUT2D eigenvalue weighted by atomic mass is 32.2. The van der Waals surface area contributed by atoms with Crippen molar-refractivity contribution in [3.63, 3.8) is 0 Å². The average Bonchev–Trinajstić information content (AvgIpc) is 2.78. The number of benzene rings is 1. The molecule has 8 heteroatoms. The van der Waals surface area contributed by atoms with Crippen molar-refractivity contribution in [1.82, 2.24) is 20.3 Å². The Hall–Kier alpha value is -3.65. The molecule has 1 amide bonds. The van der Waals surface area contributed by atoms with Gasteiger partial charge in [0, 0.05) is 69.6 Å². The van der Waals surface area contributed by atoms with Gasteiger partial charge in [-0.3, -0.25) is 19.0 Å². The topological polar surface area (TPSA) is 111 Å². The first kappa shape index (κ1) is 22.5. The second kappa shape index (κ2) is 9.46. The maximum Gasteiger partial charge on any atom is 0.251 e. The third kappa shape index (κ3) is 5.23. The summed E-state index contributed by atoms with van der Waals surface area (Å²) < 4.78 is 11.8. The predicted octanol–water partition coefficient (Wildman–Crippen LogP) is 3.48. The zero-order valence-electron chi connectivity index (χ0n) is 18.8. The van der Waals surface area contributed by atoms with Crippen LogP contribution in [0.25, 0.3) is 10.9 Å². The summed E-state index contributed by atoms with van der Waals surface area (Å²) in [5.41, 5.74) is 11.7. The monoisotopic (exact) mass is 459 g/mol. The van der Waals surface area contributed by atoms with Crippen molar-refractivity contribution in [2.45, 2.75) is 31.7 Å². The lowest BCUT2D eigenvalue weighted by atomic mass is 10.1. The molecule has 3 heterocycles. The minimum absolute atomic E-state index is 0.180. The van der Waals surface area contributed by atoms with Crippen LogP contribution in [0.3, 0.4) is 0 Å². The largest absolute Gasteiger partial charge is 0.384 e. The summed E-state index contributed by atoms with van der Waals surface area (Å²) >= 11 is 0.